The van der Waals surface area contributed by atoms with Crippen LogP contribution in [-0.2, 0) is 0 Å². The fourth-order valence-corrected chi connectivity index (χ4v) is 1.72. The molecule has 0 saturated carbocycles. The topological polar surface area (TPSA) is 54.0 Å². The summed E-state index contributed by atoms with van der Waals surface area (Å²) in [5.41, 5.74) is 0.877. The minimum atomic E-state index is -1.06. The summed E-state index contributed by atoms with van der Waals surface area (Å²) in [6.45, 7) is 5.01. The fourth-order valence-electron chi connectivity index (χ4n) is 1.72. The van der Waals surface area contributed by atoms with Gasteiger partial charge in [-0.2, -0.15) is 0 Å². The molecule has 0 bridgehead atoms. The van der Waals surface area contributed by atoms with Crippen LogP contribution in [0.1, 0.15) is 24.2 Å². The van der Waals surface area contributed by atoms with E-state index >= 15 is 0 Å². The van der Waals surface area contributed by atoms with Gasteiger partial charge in [-0.3, -0.25) is 4.79 Å². The molecular formula is C16H17F2N3O. The molecule has 116 valence electrons. The number of rotatable bonds is 5. The number of aromatic nitrogens is 1. The first kappa shape index (κ1) is 15.9. The van der Waals surface area contributed by atoms with E-state index in [0.29, 0.717) is 11.7 Å². The van der Waals surface area contributed by atoms with Gasteiger partial charge in [-0.05, 0) is 36.2 Å². The van der Waals surface area contributed by atoms with Gasteiger partial charge in [0.05, 0.1) is 11.9 Å². The van der Waals surface area contributed by atoms with Crippen molar-refractivity contribution >= 4 is 17.4 Å². The van der Waals surface area contributed by atoms with Crippen LogP contribution in [0.25, 0.3) is 0 Å². The van der Waals surface area contributed by atoms with Gasteiger partial charge < -0.3 is 10.6 Å². The van der Waals surface area contributed by atoms with E-state index in [1.54, 1.807) is 18.3 Å². The molecule has 1 aromatic heterocycles. The second-order valence-corrected chi connectivity index (χ2v) is 5.29. The van der Waals surface area contributed by atoms with Crippen LogP contribution in [0.2, 0.25) is 0 Å². The number of amides is 1. The van der Waals surface area contributed by atoms with Crippen molar-refractivity contribution in [2.45, 2.75) is 13.8 Å². The van der Waals surface area contributed by atoms with Gasteiger partial charge in [0.25, 0.3) is 5.91 Å². The van der Waals surface area contributed by atoms with Gasteiger partial charge in [0.2, 0.25) is 0 Å². The quantitative estimate of drug-likeness (QED) is 0.886. The molecule has 0 saturated heterocycles. The lowest BCUT2D eigenvalue weighted by Crippen LogP contribution is -2.14. The van der Waals surface area contributed by atoms with Gasteiger partial charge in [-0.1, -0.05) is 13.8 Å². The first-order chi connectivity index (χ1) is 10.5. The van der Waals surface area contributed by atoms with Crippen LogP contribution >= 0.6 is 0 Å². The van der Waals surface area contributed by atoms with Crippen molar-refractivity contribution in [3.8, 4) is 0 Å². The summed E-state index contributed by atoms with van der Waals surface area (Å²) in [6.07, 6.45) is 1.60. The number of benzene rings is 1. The minimum Gasteiger partial charge on any atom is -0.384 e. The van der Waals surface area contributed by atoms with Gasteiger partial charge >= 0.3 is 0 Å². The van der Waals surface area contributed by atoms with Crippen molar-refractivity contribution in [2.24, 2.45) is 5.92 Å². The number of hydrogen-bond acceptors (Lipinski definition) is 3. The Kier molecular flexibility index (Phi) is 5.04. The summed E-state index contributed by atoms with van der Waals surface area (Å²) in [5, 5.41) is 5.73. The fraction of sp³-hybridized carbons (Fsp3) is 0.250. The minimum absolute atomic E-state index is 0.0303. The number of carbonyl (C=O) groups is 1. The molecule has 22 heavy (non-hydrogen) atoms. The van der Waals surface area contributed by atoms with Crippen molar-refractivity contribution in [3.63, 3.8) is 0 Å². The molecule has 0 atom stereocenters. The van der Waals surface area contributed by atoms with Gasteiger partial charge in [-0.25, -0.2) is 13.8 Å². The molecule has 0 fully saturated rings. The normalized spacial score (nSPS) is 10.6. The number of hydrogen-bond donors (Lipinski definition) is 2. The summed E-state index contributed by atoms with van der Waals surface area (Å²) >= 11 is 0. The van der Waals surface area contributed by atoms with Crippen LogP contribution in [-0.4, -0.2) is 17.4 Å². The average molecular weight is 305 g/mol. The Bertz CT molecular complexity index is 657. The molecule has 1 heterocycles. The first-order valence-electron chi connectivity index (χ1n) is 6.92. The van der Waals surface area contributed by atoms with Gasteiger partial charge in [-0.15, -0.1) is 0 Å². The molecule has 0 aliphatic heterocycles. The molecule has 0 spiro atoms. The van der Waals surface area contributed by atoms with Crippen LogP contribution in [0.5, 0.6) is 0 Å². The third-order valence-corrected chi connectivity index (χ3v) is 2.90. The Labute approximate surface area is 127 Å². The highest BCUT2D eigenvalue weighted by Crippen LogP contribution is 2.13. The van der Waals surface area contributed by atoms with Crippen LogP contribution in [0.4, 0.5) is 20.3 Å². The Morgan fingerprint density at radius 1 is 1.18 bits per heavy atom. The molecule has 1 amide bonds. The molecule has 0 radical (unpaired) electrons. The molecular weight excluding hydrogens is 288 g/mol. The van der Waals surface area contributed by atoms with E-state index in [1.807, 2.05) is 0 Å². The largest absolute Gasteiger partial charge is 0.384 e. The summed E-state index contributed by atoms with van der Waals surface area (Å²) in [6, 6.07) is 6.41. The van der Waals surface area contributed by atoms with E-state index in [4.69, 9.17) is 0 Å². The predicted octanol–water partition coefficient (Wildman–Crippen LogP) is 3.68. The first-order valence-corrected chi connectivity index (χ1v) is 6.92. The molecule has 2 N–H and O–H groups in total. The maximum absolute atomic E-state index is 13.1. The van der Waals surface area contributed by atoms with Crippen molar-refractivity contribution in [3.05, 3.63) is 53.7 Å². The molecule has 0 unspecified atom stereocenters. The maximum Gasteiger partial charge on any atom is 0.256 e. The zero-order chi connectivity index (χ0) is 16.1. The molecule has 2 aromatic rings. The van der Waals surface area contributed by atoms with Crippen LogP contribution < -0.4 is 10.6 Å². The number of pyridine rings is 1. The third kappa shape index (κ3) is 4.25. The molecule has 0 aliphatic rings. The highest BCUT2D eigenvalue weighted by atomic mass is 19.2. The third-order valence-electron chi connectivity index (χ3n) is 2.90. The maximum atomic E-state index is 13.1. The standard InChI is InChI=1S/C16H17F2N3O/c1-10(2)8-19-12-4-6-15(20-9-12)21-16(22)11-3-5-13(17)14(18)7-11/h3-7,9-10,19H,8H2,1-2H3,(H,20,21,22). The van der Waals surface area contributed by atoms with E-state index in [-0.39, 0.29) is 5.56 Å². The summed E-state index contributed by atoms with van der Waals surface area (Å²) in [5.74, 6) is -1.75. The van der Waals surface area contributed by atoms with Crippen LogP contribution in [0, 0.1) is 17.6 Å². The Balaban J connectivity index is 2.00. The Hall–Kier alpha value is -2.50. The molecule has 2 rings (SSSR count). The lowest BCUT2D eigenvalue weighted by Gasteiger charge is -2.09. The van der Waals surface area contributed by atoms with Crippen molar-refractivity contribution in [2.75, 3.05) is 17.2 Å². The number of anilines is 2. The van der Waals surface area contributed by atoms with Gasteiger partial charge in [0, 0.05) is 12.1 Å². The number of nitrogens with one attached hydrogen (secondary N) is 2. The Morgan fingerprint density at radius 2 is 1.95 bits per heavy atom. The smallest absolute Gasteiger partial charge is 0.256 e. The summed E-state index contributed by atoms with van der Waals surface area (Å²) in [4.78, 5) is 16.0. The highest BCUT2D eigenvalue weighted by Gasteiger charge is 2.10. The van der Waals surface area contributed by atoms with Gasteiger partial charge in [0.1, 0.15) is 5.82 Å². The average Bonchev–Trinajstić information content (AvgIpc) is 2.49. The number of halogens is 2. The zero-order valence-electron chi connectivity index (χ0n) is 12.4. The van der Waals surface area contributed by atoms with Crippen molar-refractivity contribution in [1.29, 1.82) is 0 Å². The predicted molar refractivity (Wildman–Crippen MR) is 81.9 cm³/mol. The van der Waals surface area contributed by atoms with Crippen molar-refractivity contribution in [1.82, 2.24) is 4.98 Å². The van der Waals surface area contributed by atoms with Gasteiger partial charge in [0.15, 0.2) is 11.6 Å². The summed E-state index contributed by atoms with van der Waals surface area (Å²) in [7, 11) is 0. The van der Waals surface area contributed by atoms with Crippen LogP contribution in [0.3, 0.4) is 0 Å². The molecule has 1 aromatic carbocycles. The van der Waals surface area contributed by atoms with E-state index in [2.05, 4.69) is 29.5 Å². The SMILES string of the molecule is CC(C)CNc1ccc(NC(=O)c2ccc(F)c(F)c2)nc1. The second-order valence-electron chi connectivity index (χ2n) is 5.29. The molecule has 4 nitrogen and oxygen atoms in total. The number of carbonyl (C=O) groups excluding carboxylic acids is 1. The van der Waals surface area contributed by atoms with E-state index in [1.165, 1.54) is 6.07 Å². The molecule has 0 aliphatic carbocycles. The monoisotopic (exact) mass is 305 g/mol. The van der Waals surface area contributed by atoms with Crippen molar-refractivity contribution < 1.29 is 13.6 Å². The lowest BCUT2D eigenvalue weighted by atomic mass is 10.2. The zero-order valence-corrected chi connectivity index (χ0v) is 12.4. The lowest BCUT2D eigenvalue weighted by molar-refractivity contribution is 0.102. The highest BCUT2D eigenvalue weighted by molar-refractivity contribution is 6.03. The summed E-state index contributed by atoms with van der Waals surface area (Å²) < 4.78 is 25.9. The van der Waals surface area contributed by atoms with E-state index in [9.17, 15) is 13.6 Å². The van der Waals surface area contributed by atoms with E-state index < -0.39 is 17.5 Å². The van der Waals surface area contributed by atoms with Crippen LogP contribution in [0.15, 0.2) is 36.5 Å². The van der Waals surface area contributed by atoms with E-state index in [0.717, 1.165) is 24.4 Å². The second kappa shape index (κ2) is 6.98. The Morgan fingerprint density at radius 3 is 2.55 bits per heavy atom. The molecule has 6 heteroatoms. The number of nitrogens with zero attached hydrogens (tertiary/aromatic N) is 1.